The first-order chi connectivity index (χ1) is 15.8. The maximum absolute atomic E-state index is 12.7. The number of hydrogen-bond donors (Lipinski definition) is 1. The van der Waals surface area contributed by atoms with E-state index in [2.05, 4.69) is 16.6 Å². The van der Waals surface area contributed by atoms with Gasteiger partial charge in [0.1, 0.15) is 6.54 Å². The Labute approximate surface area is 193 Å². The highest BCUT2D eigenvalue weighted by atomic mass is 32.2. The average Bonchev–Trinajstić information content (AvgIpc) is 2.78. The van der Waals surface area contributed by atoms with Gasteiger partial charge in [0.15, 0.2) is 0 Å². The van der Waals surface area contributed by atoms with Crippen molar-refractivity contribution >= 4 is 49.4 Å². The lowest BCUT2D eigenvalue weighted by Crippen LogP contribution is -2.39. The molecule has 0 saturated heterocycles. The Kier molecular flexibility index (Phi) is 6.16. The first-order valence-corrected chi connectivity index (χ1v) is 12.4. The van der Waals surface area contributed by atoms with Crippen LogP contribution in [-0.4, -0.2) is 33.3 Å². The van der Waals surface area contributed by atoms with Crippen molar-refractivity contribution in [1.82, 2.24) is 5.43 Å². The van der Waals surface area contributed by atoms with Crippen LogP contribution in [0.3, 0.4) is 0 Å². The summed E-state index contributed by atoms with van der Waals surface area (Å²) < 4.78 is 26.0. The number of nitrogens with one attached hydrogen (secondary N) is 1. The number of carbonyl (C=O) groups is 1. The van der Waals surface area contributed by atoms with E-state index in [1.54, 1.807) is 18.3 Å². The van der Waals surface area contributed by atoms with Gasteiger partial charge in [0.2, 0.25) is 10.0 Å². The third-order valence-corrected chi connectivity index (χ3v) is 6.85. The molecule has 0 heterocycles. The van der Waals surface area contributed by atoms with E-state index in [0.717, 1.165) is 48.8 Å². The van der Waals surface area contributed by atoms with Crippen molar-refractivity contribution in [2.75, 3.05) is 17.1 Å². The molecule has 1 N–H and O–H groups in total. The van der Waals surface area contributed by atoms with Gasteiger partial charge >= 0.3 is 0 Å². The zero-order valence-corrected chi connectivity index (χ0v) is 19.6. The van der Waals surface area contributed by atoms with E-state index in [-0.39, 0.29) is 6.54 Å². The summed E-state index contributed by atoms with van der Waals surface area (Å²) in [6.45, 7) is 3.37. The maximum Gasteiger partial charge on any atom is 0.260 e. The Hall–Kier alpha value is -3.71. The first-order valence-electron chi connectivity index (χ1n) is 10.5. The second-order valence-corrected chi connectivity index (χ2v) is 9.92. The number of fused-ring (bicyclic) bond motifs is 2. The molecule has 6 nitrogen and oxygen atoms in total. The summed E-state index contributed by atoms with van der Waals surface area (Å²) in [5, 5.41) is 8.34. The average molecular weight is 460 g/mol. The van der Waals surface area contributed by atoms with E-state index < -0.39 is 15.9 Å². The highest BCUT2D eigenvalue weighted by molar-refractivity contribution is 7.92. The molecule has 0 unspecified atom stereocenters. The summed E-state index contributed by atoms with van der Waals surface area (Å²) in [4.78, 5) is 12.7. The van der Waals surface area contributed by atoms with Gasteiger partial charge in [0, 0.05) is 5.56 Å². The second-order valence-electron chi connectivity index (χ2n) is 8.01. The number of rotatable bonds is 6. The fraction of sp³-hybridized carbons (Fsp3) is 0.154. The molecule has 7 heteroatoms. The standard InChI is InChI=1S/C26H25N3O3S/c1-18-9-8-14-25(19(18)2)29(33(3,31)32)17-26(30)28-27-16-24-22-12-6-4-10-20(22)15-21-11-5-7-13-23(21)24/h4-16H,17H2,1-3H3,(H,28,30)/b27-16-. The fourth-order valence-electron chi connectivity index (χ4n) is 3.91. The SMILES string of the molecule is Cc1cccc(N(CC(=O)N/N=C\c2c3ccccc3cc3ccccc23)S(C)(=O)=O)c1C. The van der Waals surface area contributed by atoms with Crippen molar-refractivity contribution in [2.45, 2.75) is 13.8 Å². The molecule has 0 radical (unpaired) electrons. The van der Waals surface area contributed by atoms with Crippen LogP contribution in [0, 0.1) is 13.8 Å². The molecule has 0 aliphatic heterocycles. The fourth-order valence-corrected chi connectivity index (χ4v) is 4.82. The molecule has 1 amide bonds. The van der Waals surface area contributed by atoms with Gasteiger partial charge in [-0.2, -0.15) is 5.10 Å². The van der Waals surface area contributed by atoms with Crippen LogP contribution in [-0.2, 0) is 14.8 Å². The van der Waals surface area contributed by atoms with Gasteiger partial charge in [-0.05, 0) is 58.7 Å². The lowest BCUT2D eigenvalue weighted by Gasteiger charge is -2.23. The number of anilines is 1. The van der Waals surface area contributed by atoms with E-state index in [9.17, 15) is 13.2 Å². The molecule has 0 aliphatic rings. The summed E-state index contributed by atoms with van der Waals surface area (Å²) in [7, 11) is -3.67. The van der Waals surface area contributed by atoms with Gasteiger partial charge in [-0.1, -0.05) is 60.7 Å². The lowest BCUT2D eigenvalue weighted by atomic mass is 9.97. The number of hydrazone groups is 1. The van der Waals surface area contributed by atoms with Crippen molar-refractivity contribution in [1.29, 1.82) is 0 Å². The summed E-state index contributed by atoms with van der Waals surface area (Å²) in [6.07, 6.45) is 2.71. The summed E-state index contributed by atoms with van der Waals surface area (Å²) in [5.74, 6) is -0.526. The van der Waals surface area contributed by atoms with Crippen LogP contribution in [0.5, 0.6) is 0 Å². The Morgan fingerprint density at radius 1 is 0.939 bits per heavy atom. The van der Waals surface area contributed by atoms with Gasteiger partial charge in [-0.3, -0.25) is 9.10 Å². The monoisotopic (exact) mass is 459 g/mol. The van der Waals surface area contributed by atoms with E-state index in [1.807, 2.05) is 68.4 Å². The Morgan fingerprint density at radius 2 is 1.55 bits per heavy atom. The number of benzene rings is 4. The maximum atomic E-state index is 12.7. The minimum absolute atomic E-state index is 0.364. The number of aryl methyl sites for hydroxylation is 1. The molecule has 168 valence electrons. The molecular formula is C26H25N3O3S. The number of amides is 1. The van der Waals surface area contributed by atoms with Crippen LogP contribution in [0.4, 0.5) is 5.69 Å². The Bertz CT molecular complexity index is 1440. The van der Waals surface area contributed by atoms with Crippen LogP contribution in [0.2, 0.25) is 0 Å². The predicted molar refractivity (Wildman–Crippen MR) is 135 cm³/mol. The minimum Gasteiger partial charge on any atom is -0.271 e. The molecule has 0 fully saturated rings. The minimum atomic E-state index is -3.67. The highest BCUT2D eigenvalue weighted by Crippen LogP contribution is 2.27. The summed E-state index contributed by atoms with van der Waals surface area (Å²) in [6, 6.07) is 23.5. The molecular weight excluding hydrogens is 434 g/mol. The third kappa shape index (κ3) is 4.73. The van der Waals surface area contributed by atoms with Crippen LogP contribution in [0.15, 0.2) is 77.9 Å². The first kappa shape index (κ1) is 22.5. The van der Waals surface area contributed by atoms with E-state index in [4.69, 9.17) is 0 Å². The zero-order chi connectivity index (χ0) is 23.6. The second kappa shape index (κ2) is 9.03. The Morgan fingerprint density at radius 3 is 2.15 bits per heavy atom. The van der Waals surface area contributed by atoms with Crippen molar-refractivity contribution < 1.29 is 13.2 Å². The molecule has 0 aromatic heterocycles. The van der Waals surface area contributed by atoms with Crippen LogP contribution in [0.1, 0.15) is 16.7 Å². The normalized spacial score (nSPS) is 11.8. The van der Waals surface area contributed by atoms with Gasteiger partial charge in [-0.25, -0.2) is 13.8 Å². The topological polar surface area (TPSA) is 78.8 Å². The smallest absolute Gasteiger partial charge is 0.260 e. The number of hydrogen-bond acceptors (Lipinski definition) is 4. The van der Waals surface area contributed by atoms with Gasteiger partial charge in [-0.15, -0.1) is 0 Å². The molecule has 33 heavy (non-hydrogen) atoms. The lowest BCUT2D eigenvalue weighted by molar-refractivity contribution is -0.119. The molecule has 0 atom stereocenters. The van der Waals surface area contributed by atoms with Crippen LogP contribution in [0.25, 0.3) is 21.5 Å². The van der Waals surface area contributed by atoms with Crippen LogP contribution >= 0.6 is 0 Å². The van der Waals surface area contributed by atoms with Crippen molar-refractivity contribution in [3.8, 4) is 0 Å². The zero-order valence-electron chi connectivity index (χ0n) is 18.7. The molecule has 0 saturated carbocycles. The molecule has 0 spiro atoms. The molecule has 4 aromatic rings. The van der Waals surface area contributed by atoms with E-state index in [1.165, 1.54) is 0 Å². The highest BCUT2D eigenvalue weighted by Gasteiger charge is 2.22. The third-order valence-electron chi connectivity index (χ3n) is 5.73. The molecule has 0 bridgehead atoms. The molecule has 4 aromatic carbocycles. The summed E-state index contributed by atoms with van der Waals surface area (Å²) >= 11 is 0. The van der Waals surface area contributed by atoms with Gasteiger partial charge in [0.25, 0.3) is 5.91 Å². The van der Waals surface area contributed by atoms with Gasteiger partial charge < -0.3 is 0 Å². The van der Waals surface area contributed by atoms with Crippen LogP contribution < -0.4 is 9.73 Å². The molecule has 4 rings (SSSR count). The quantitative estimate of drug-likeness (QED) is 0.261. The number of carbonyl (C=O) groups excluding carboxylic acids is 1. The van der Waals surface area contributed by atoms with E-state index >= 15 is 0 Å². The number of nitrogens with zero attached hydrogens (tertiary/aromatic N) is 2. The summed E-state index contributed by atoms with van der Waals surface area (Å²) in [5.41, 5.74) is 5.62. The molecule has 0 aliphatic carbocycles. The Balaban J connectivity index is 1.61. The van der Waals surface area contributed by atoms with E-state index in [0.29, 0.717) is 5.69 Å². The van der Waals surface area contributed by atoms with Crippen molar-refractivity contribution in [3.05, 3.63) is 89.5 Å². The largest absolute Gasteiger partial charge is 0.271 e. The van der Waals surface area contributed by atoms with Gasteiger partial charge in [0.05, 0.1) is 18.2 Å². The van der Waals surface area contributed by atoms with Crippen molar-refractivity contribution in [2.24, 2.45) is 5.10 Å². The predicted octanol–water partition coefficient (Wildman–Crippen LogP) is 4.53. The number of sulfonamides is 1. The van der Waals surface area contributed by atoms with Crippen molar-refractivity contribution in [3.63, 3.8) is 0 Å².